The standard InChI is InChI=1S/C55H71N7O5/c1-58(2)51-23-12-21-49-43(18-11-22-50(49)51)28-31-56-30-10-9-19-45(37-59-32-13-20-44(59)38-62-46(36-57-52(64)53(62)65)34-41-16-7-4-8-17-41)61-39-47(35-42-24-26-48(63)27-25-42)60(54(66)55(61)67)33-29-40-14-5-3-6-15-40/h3-8,11-12,14-18,21-24,26-27,42,44-47,50-51,56,63H,9-10,13,19-20,25,28-39H2,1-2H3,(H,57,64)/t42?,44?,45?,46-,47-,50?,51?/m0/s1. The predicted molar refractivity (Wildman–Crippen MR) is 264 cm³/mol. The largest absolute Gasteiger partial charge is 0.508 e. The number of benzene rings is 2. The van der Waals surface area contributed by atoms with E-state index in [0.29, 0.717) is 70.4 Å². The third kappa shape index (κ3) is 12.1. The summed E-state index contributed by atoms with van der Waals surface area (Å²) in [4.78, 5) is 65.5. The lowest BCUT2D eigenvalue weighted by atomic mass is 9.79. The van der Waals surface area contributed by atoms with Crippen molar-refractivity contribution in [3.63, 3.8) is 0 Å². The number of likely N-dealkylation sites (tertiary alicyclic amines) is 1. The molecule has 67 heavy (non-hydrogen) atoms. The fraction of sp³-hybridized carbons (Fsp3) is 0.491. The topological polar surface area (TPSA) is 129 Å². The van der Waals surface area contributed by atoms with E-state index in [1.807, 2.05) is 58.4 Å². The first-order valence-corrected chi connectivity index (χ1v) is 24.9. The van der Waals surface area contributed by atoms with Gasteiger partial charge in [0.1, 0.15) is 5.76 Å². The average Bonchev–Trinajstić information content (AvgIpc) is 3.78. The number of nitrogens with zero attached hydrogens (tertiary/aromatic N) is 5. The van der Waals surface area contributed by atoms with E-state index in [9.17, 15) is 24.3 Å². The zero-order valence-corrected chi connectivity index (χ0v) is 39.6. The van der Waals surface area contributed by atoms with Crippen molar-refractivity contribution in [3.8, 4) is 0 Å². The highest BCUT2D eigenvalue weighted by Gasteiger charge is 2.44. The number of nitrogens with one attached hydrogen (secondary N) is 2. The van der Waals surface area contributed by atoms with E-state index in [-0.39, 0.29) is 35.8 Å². The second-order valence-corrected chi connectivity index (χ2v) is 19.6. The molecule has 3 heterocycles. The summed E-state index contributed by atoms with van der Waals surface area (Å²) in [6.07, 6.45) is 27.1. The van der Waals surface area contributed by atoms with Crippen LogP contribution in [0.2, 0.25) is 0 Å². The van der Waals surface area contributed by atoms with E-state index >= 15 is 0 Å². The molecule has 3 saturated heterocycles. The van der Waals surface area contributed by atoms with Gasteiger partial charge in [-0.2, -0.15) is 0 Å². The number of aliphatic hydroxyl groups excluding tert-OH is 1. The number of piperazine rings is 2. The molecule has 6 aliphatic rings. The molecule has 356 valence electrons. The number of likely N-dealkylation sites (N-methyl/N-ethyl adjacent to an activating group) is 1. The van der Waals surface area contributed by atoms with Gasteiger partial charge in [-0.15, -0.1) is 0 Å². The van der Waals surface area contributed by atoms with Crippen LogP contribution in [0.3, 0.4) is 0 Å². The monoisotopic (exact) mass is 910 g/mol. The van der Waals surface area contributed by atoms with Crippen LogP contribution >= 0.6 is 0 Å². The molecule has 3 aliphatic heterocycles. The van der Waals surface area contributed by atoms with Crippen molar-refractivity contribution < 1.29 is 24.3 Å². The maximum absolute atomic E-state index is 14.5. The fourth-order valence-corrected chi connectivity index (χ4v) is 11.2. The Morgan fingerprint density at radius 3 is 2.36 bits per heavy atom. The van der Waals surface area contributed by atoms with Crippen LogP contribution in [0.4, 0.5) is 0 Å². The molecule has 0 bridgehead atoms. The number of rotatable bonds is 21. The SMILES string of the molecule is CN(C)C1C=CC=C2C(CCNCCCCC(CN3CCCC3CN3C(=O)C(=O)NC[C@@H]3Cc3ccccc3)N3C[C@H](CC4C=CC(O)=CC4)N(CCc4ccccc4)C(=O)C3=O)=CC=CC21. The van der Waals surface area contributed by atoms with Crippen molar-refractivity contribution in [2.45, 2.75) is 94.4 Å². The minimum Gasteiger partial charge on any atom is -0.508 e. The Bertz CT molecular complexity index is 2230. The molecular formula is C55H71N7O5. The first-order valence-electron chi connectivity index (χ1n) is 24.9. The second-order valence-electron chi connectivity index (χ2n) is 19.6. The number of hydrogen-bond donors (Lipinski definition) is 3. The Morgan fingerprint density at radius 1 is 0.821 bits per heavy atom. The Morgan fingerprint density at radius 2 is 1.60 bits per heavy atom. The number of allylic oxidation sites excluding steroid dienone is 7. The third-order valence-corrected chi connectivity index (χ3v) is 14.9. The van der Waals surface area contributed by atoms with Gasteiger partial charge < -0.3 is 35.3 Å². The summed E-state index contributed by atoms with van der Waals surface area (Å²) >= 11 is 0. The molecule has 12 heteroatoms. The van der Waals surface area contributed by atoms with Crippen LogP contribution in [0.15, 0.2) is 132 Å². The van der Waals surface area contributed by atoms with Gasteiger partial charge in [-0.05, 0) is 132 Å². The average molecular weight is 910 g/mol. The van der Waals surface area contributed by atoms with Crippen molar-refractivity contribution in [2.75, 3.05) is 66.5 Å². The van der Waals surface area contributed by atoms with E-state index in [2.05, 4.69) is 95.3 Å². The summed E-state index contributed by atoms with van der Waals surface area (Å²) in [5, 5.41) is 16.7. The predicted octanol–water partition coefficient (Wildman–Crippen LogP) is 5.77. The van der Waals surface area contributed by atoms with Gasteiger partial charge in [0.05, 0.1) is 12.1 Å². The van der Waals surface area contributed by atoms with E-state index < -0.39 is 23.6 Å². The molecule has 3 aliphatic carbocycles. The first kappa shape index (κ1) is 47.9. The number of carbonyl (C=O) groups is 4. The number of fused-ring (bicyclic) bond motifs is 1. The van der Waals surface area contributed by atoms with E-state index in [1.54, 1.807) is 11.0 Å². The van der Waals surface area contributed by atoms with Crippen LogP contribution in [-0.2, 0) is 32.0 Å². The fourth-order valence-electron chi connectivity index (χ4n) is 11.2. The smallest absolute Gasteiger partial charge is 0.312 e. The zero-order valence-electron chi connectivity index (χ0n) is 39.6. The summed E-state index contributed by atoms with van der Waals surface area (Å²) in [6.45, 7) is 4.87. The second kappa shape index (κ2) is 23.0. The molecule has 0 saturated carbocycles. The summed E-state index contributed by atoms with van der Waals surface area (Å²) in [6, 6.07) is 20.0. The van der Waals surface area contributed by atoms with E-state index in [0.717, 1.165) is 69.3 Å². The van der Waals surface area contributed by atoms with Crippen LogP contribution < -0.4 is 10.6 Å². The van der Waals surface area contributed by atoms with Crippen LogP contribution in [0.5, 0.6) is 0 Å². The summed E-state index contributed by atoms with van der Waals surface area (Å²) in [7, 11) is 4.28. The molecule has 2 aromatic rings. The van der Waals surface area contributed by atoms with Gasteiger partial charge in [-0.3, -0.25) is 24.1 Å². The lowest BCUT2D eigenvalue weighted by Crippen LogP contribution is -2.64. The van der Waals surface area contributed by atoms with E-state index in [1.165, 1.54) is 11.1 Å². The van der Waals surface area contributed by atoms with Crippen molar-refractivity contribution in [2.24, 2.45) is 11.8 Å². The molecule has 0 spiro atoms. The third-order valence-electron chi connectivity index (χ3n) is 14.9. The normalized spacial score (nSPS) is 25.9. The highest BCUT2D eigenvalue weighted by Crippen LogP contribution is 2.35. The van der Waals surface area contributed by atoms with E-state index in [4.69, 9.17) is 0 Å². The van der Waals surface area contributed by atoms with Crippen molar-refractivity contribution in [3.05, 3.63) is 143 Å². The lowest BCUT2D eigenvalue weighted by molar-refractivity contribution is -0.162. The van der Waals surface area contributed by atoms with Gasteiger partial charge in [0, 0.05) is 56.8 Å². The van der Waals surface area contributed by atoms with Crippen molar-refractivity contribution in [1.29, 1.82) is 0 Å². The number of hydrogen-bond acceptors (Lipinski definition) is 8. The van der Waals surface area contributed by atoms with Gasteiger partial charge in [0.2, 0.25) is 0 Å². The van der Waals surface area contributed by atoms with Crippen molar-refractivity contribution in [1.82, 2.24) is 35.1 Å². The quantitative estimate of drug-likeness (QED) is 0.107. The summed E-state index contributed by atoms with van der Waals surface area (Å²) in [5.41, 5.74) is 5.02. The van der Waals surface area contributed by atoms with Gasteiger partial charge >= 0.3 is 23.6 Å². The summed E-state index contributed by atoms with van der Waals surface area (Å²) in [5.74, 6) is -1.18. The lowest BCUT2D eigenvalue weighted by Gasteiger charge is -2.46. The zero-order chi connectivity index (χ0) is 46.7. The highest BCUT2D eigenvalue weighted by atomic mass is 16.3. The molecule has 5 unspecified atom stereocenters. The molecule has 12 nitrogen and oxygen atoms in total. The molecule has 3 N–H and O–H groups in total. The summed E-state index contributed by atoms with van der Waals surface area (Å²) < 4.78 is 0. The molecule has 8 rings (SSSR count). The Kier molecular flexibility index (Phi) is 16.4. The molecule has 2 aromatic carbocycles. The van der Waals surface area contributed by atoms with Crippen LogP contribution in [0.25, 0.3) is 0 Å². The Labute approximate surface area is 397 Å². The molecule has 7 atom stereocenters. The van der Waals surface area contributed by atoms with Crippen LogP contribution in [0, 0.1) is 11.8 Å². The minimum atomic E-state index is -0.558. The molecule has 0 radical (unpaired) electrons. The van der Waals surface area contributed by atoms with Crippen molar-refractivity contribution >= 4 is 23.6 Å². The maximum Gasteiger partial charge on any atom is 0.312 e. The molecule has 3 fully saturated rings. The number of amides is 4. The molecule has 0 aromatic heterocycles. The van der Waals surface area contributed by atoms with Crippen LogP contribution in [-0.4, -0.2) is 150 Å². The molecular weight excluding hydrogens is 839 g/mol. The van der Waals surface area contributed by atoms with Gasteiger partial charge in [-0.25, -0.2) is 0 Å². The molecule has 4 amide bonds. The Balaban J connectivity index is 0.960. The highest BCUT2D eigenvalue weighted by molar-refractivity contribution is 6.36. The number of carbonyl (C=O) groups excluding carboxylic acids is 4. The first-order chi connectivity index (χ1) is 32.6. The van der Waals surface area contributed by atoms with Crippen LogP contribution in [0.1, 0.15) is 62.5 Å². The number of aliphatic hydroxyl groups is 1. The maximum atomic E-state index is 14.5. The van der Waals surface area contributed by atoms with Gasteiger partial charge in [0.15, 0.2) is 0 Å². The minimum absolute atomic E-state index is 0.0178. The number of unbranched alkanes of at least 4 members (excludes halogenated alkanes) is 1. The van der Waals surface area contributed by atoms with Gasteiger partial charge in [-0.1, -0.05) is 110 Å². The Hall–Kier alpha value is -5.56. The van der Waals surface area contributed by atoms with Gasteiger partial charge in [0.25, 0.3) is 0 Å².